The SMILES string of the molecule is COc1ccc(OC)c2sc(N(Cc3ccccn3)C(=O)C3CCN(S(=O)(=O)c4ccccc4F)CC3)nc12. The van der Waals surface area contributed by atoms with Crippen molar-refractivity contribution in [1.29, 1.82) is 0 Å². The number of carbonyl (C=O) groups is 1. The number of amides is 1. The number of pyridine rings is 1. The van der Waals surface area contributed by atoms with Crippen molar-refractivity contribution in [2.45, 2.75) is 24.3 Å². The summed E-state index contributed by atoms with van der Waals surface area (Å²) in [5, 5.41) is 0.463. The molecule has 12 heteroatoms. The van der Waals surface area contributed by atoms with E-state index in [2.05, 4.69) is 4.98 Å². The zero-order valence-electron chi connectivity index (χ0n) is 21.4. The van der Waals surface area contributed by atoms with Crippen LogP contribution in [0.2, 0.25) is 0 Å². The number of hydrogen-bond donors (Lipinski definition) is 0. The summed E-state index contributed by atoms with van der Waals surface area (Å²) in [5.74, 6) is -0.243. The van der Waals surface area contributed by atoms with Gasteiger partial charge in [0.2, 0.25) is 15.9 Å². The van der Waals surface area contributed by atoms with Crippen molar-refractivity contribution >= 4 is 42.6 Å². The van der Waals surface area contributed by atoms with E-state index < -0.39 is 21.8 Å². The summed E-state index contributed by atoms with van der Waals surface area (Å²) in [6.07, 6.45) is 2.25. The summed E-state index contributed by atoms with van der Waals surface area (Å²) in [4.78, 5) is 24.3. The Morgan fingerprint density at radius 1 is 1.05 bits per heavy atom. The summed E-state index contributed by atoms with van der Waals surface area (Å²) in [6, 6.07) is 14.4. The molecule has 0 bridgehead atoms. The van der Waals surface area contributed by atoms with Gasteiger partial charge in [0, 0.05) is 25.2 Å². The molecule has 0 atom stereocenters. The molecule has 204 valence electrons. The van der Waals surface area contributed by atoms with Gasteiger partial charge in [-0.2, -0.15) is 4.31 Å². The molecule has 0 saturated carbocycles. The predicted octanol–water partition coefficient (Wildman–Crippen LogP) is 4.48. The smallest absolute Gasteiger partial charge is 0.245 e. The summed E-state index contributed by atoms with van der Waals surface area (Å²) in [6.45, 7) is 0.399. The largest absolute Gasteiger partial charge is 0.495 e. The van der Waals surface area contributed by atoms with E-state index in [4.69, 9.17) is 14.5 Å². The molecule has 0 aliphatic carbocycles. The van der Waals surface area contributed by atoms with Crippen molar-refractivity contribution in [2.75, 3.05) is 32.2 Å². The second kappa shape index (κ2) is 11.2. The van der Waals surface area contributed by atoms with Crippen LogP contribution in [0.3, 0.4) is 0 Å². The third kappa shape index (κ3) is 5.32. The Morgan fingerprint density at radius 2 is 1.74 bits per heavy atom. The van der Waals surface area contributed by atoms with Crippen molar-refractivity contribution in [3.05, 3.63) is 72.3 Å². The fourth-order valence-corrected chi connectivity index (χ4v) is 7.25. The average molecular weight is 571 g/mol. The third-order valence-corrected chi connectivity index (χ3v) is 9.72. The summed E-state index contributed by atoms with van der Waals surface area (Å²) in [5.41, 5.74) is 1.27. The first kappa shape index (κ1) is 27.0. The fraction of sp³-hybridized carbons (Fsp3) is 0.296. The number of benzene rings is 2. The topological polar surface area (TPSA) is 102 Å². The van der Waals surface area contributed by atoms with E-state index in [1.54, 1.807) is 43.5 Å². The molecule has 3 heterocycles. The molecule has 1 aliphatic heterocycles. The second-order valence-electron chi connectivity index (χ2n) is 9.00. The maximum absolute atomic E-state index is 14.2. The molecule has 2 aromatic carbocycles. The highest BCUT2D eigenvalue weighted by molar-refractivity contribution is 7.89. The molecule has 1 aliphatic rings. The number of rotatable bonds is 8. The number of fused-ring (bicyclic) bond motifs is 1. The number of anilines is 1. The van der Waals surface area contributed by atoms with Gasteiger partial charge in [0.25, 0.3) is 0 Å². The zero-order valence-corrected chi connectivity index (χ0v) is 23.0. The predicted molar refractivity (Wildman–Crippen MR) is 146 cm³/mol. The first-order valence-electron chi connectivity index (χ1n) is 12.3. The second-order valence-corrected chi connectivity index (χ2v) is 11.9. The minimum Gasteiger partial charge on any atom is -0.495 e. The van der Waals surface area contributed by atoms with Crippen LogP contribution in [0.1, 0.15) is 18.5 Å². The van der Waals surface area contributed by atoms with Gasteiger partial charge in [-0.1, -0.05) is 29.5 Å². The van der Waals surface area contributed by atoms with Crippen molar-refractivity contribution in [3.63, 3.8) is 0 Å². The van der Waals surface area contributed by atoms with E-state index in [-0.39, 0.29) is 30.4 Å². The van der Waals surface area contributed by atoms with Crippen molar-refractivity contribution in [1.82, 2.24) is 14.3 Å². The third-order valence-electron chi connectivity index (χ3n) is 6.70. The highest BCUT2D eigenvalue weighted by atomic mass is 32.2. The lowest BCUT2D eigenvalue weighted by Gasteiger charge is -2.33. The van der Waals surface area contributed by atoms with Gasteiger partial charge >= 0.3 is 0 Å². The molecular formula is C27H27FN4O5S2. The molecule has 0 N–H and O–H groups in total. The Labute approximate surface area is 229 Å². The Bertz CT molecular complexity index is 1550. The van der Waals surface area contributed by atoms with E-state index in [9.17, 15) is 17.6 Å². The van der Waals surface area contributed by atoms with Crippen LogP contribution in [0.25, 0.3) is 10.2 Å². The van der Waals surface area contributed by atoms with E-state index in [0.29, 0.717) is 40.7 Å². The first-order chi connectivity index (χ1) is 18.8. The Balaban J connectivity index is 1.43. The lowest BCUT2D eigenvalue weighted by Crippen LogP contribution is -2.44. The molecule has 0 unspecified atom stereocenters. The van der Waals surface area contributed by atoms with E-state index in [0.717, 1.165) is 10.8 Å². The number of ether oxygens (including phenoxy) is 2. The van der Waals surface area contributed by atoms with Crippen LogP contribution in [0, 0.1) is 11.7 Å². The van der Waals surface area contributed by atoms with Crippen molar-refractivity contribution in [2.24, 2.45) is 5.92 Å². The molecular weight excluding hydrogens is 543 g/mol. The van der Waals surface area contributed by atoms with Crippen molar-refractivity contribution < 1.29 is 27.1 Å². The normalized spacial score (nSPS) is 14.8. The number of hydrogen-bond acceptors (Lipinski definition) is 8. The van der Waals surface area contributed by atoms with Gasteiger partial charge in [0.15, 0.2) is 5.13 Å². The van der Waals surface area contributed by atoms with Crippen LogP contribution in [0.15, 0.2) is 65.7 Å². The molecule has 1 fully saturated rings. The molecule has 5 rings (SSSR count). The van der Waals surface area contributed by atoms with E-state index in [1.165, 1.54) is 33.8 Å². The Hall–Kier alpha value is -3.61. The van der Waals surface area contributed by atoms with E-state index >= 15 is 0 Å². The summed E-state index contributed by atoms with van der Waals surface area (Å²) in [7, 11) is -0.884. The Kier molecular flexibility index (Phi) is 7.78. The molecule has 1 saturated heterocycles. The molecule has 1 amide bonds. The number of sulfonamides is 1. The standard InChI is InChI=1S/C27H27FN4O5S2/c1-36-21-10-11-22(37-2)25-24(21)30-27(38-25)32(17-19-7-5-6-14-29-19)26(33)18-12-15-31(16-13-18)39(34,35)23-9-4-3-8-20(23)28/h3-11,14,18H,12-13,15-17H2,1-2H3. The van der Waals surface area contributed by atoms with Gasteiger partial charge in [-0.05, 0) is 49.2 Å². The summed E-state index contributed by atoms with van der Waals surface area (Å²) < 4.78 is 53.3. The number of halogens is 1. The monoisotopic (exact) mass is 570 g/mol. The molecule has 9 nitrogen and oxygen atoms in total. The highest BCUT2D eigenvalue weighted by Crippen LogP contribution is 2.41. The van der Waals surface area contributed by atoms with Gasteiger partial charge in [-0.25, -0.2) is 17.8 Å². The Morgan fingerprint density at radius 3 is 2.41 bits per heavy atom. The number of methoxy groups -OCH3 is 2. The van der Waals surface area contributed by atoms with Crippen LogP contribution >= 0.6 is 11.3 Å². The fourth-order valence-electron chi connectivity index (χ4n) is 4.64. The van der Waals surface area contributed by atoms with E-state index in [1.807, 2.05) is 12.1 Å². The molecule has 0 radical (unpaired) electrons. The first-order valence-corrected chi connectivity index (χ1v) is 14.6. The molecule has 4 aromatic rings. The van der Waals surface area contributed by atoms with Crippen LogP contribution < -0.4 is 14.4 Å². The minimum atomic E-state index is -4.01. The van der Waals surface area contributed by atoms with Gasteiger partial charge in [-0.3, -0.25) is 14.7 Å². The zero-order chi connectivity index (χ0) is 27.6. The summed E-state index contributed by atoms with van der Waals surface area (Å²) >= 11 is 1.31. The maximum atomic E-state index is 14.2. The number of carbonyl (C=O) groups excluding carboxylic acids is 1. The van der Waals surface area contributed by atoms with Crippen molar-refractivity contribution in [3.8, 4) is 11.5 Å². The van der Waals surface area contributed by atoms with Crippen LogP contribution in [0.5, 0.6) is 11.5 Å². The van der Waals surface area contributed by atoms with Gasteiger partial charge in [-0.15, -0.1) is 0 Å². The van der Waals surface area contributed by atoms with Gasteiger partial charge in [0.1, 0.15) is 32.4 Å². The average Bonchev–Trinajstić information content (AvgIpc) is 3.41. The molecule has 2 aromatic heterocycles. The molecule has 39 heavy (non-hydrogen) atoms. The van der Waals surface area contributed by atoms with Crippen LogP contribution in [-0.4, -0.2) is 55.9 Å². The number of nitrogens with zero attached hydrogens (tertiary/aromatic N) is 4. The number of piperidine rings is 1. The quantitative estimate of drug-likeness (QED) is 0.308. The van der Waals surface area contributed by atoms with Gasteiger partial charge < -0.3 is 9.47 Å². The van der Waals surface area contributed by atoms with Crippen LogP contribution in [-0.2, 0) is 21.4 Å². The lowest BCUT2D eigenvalue weighted by atomic mass is 9.96. The van der Waals surface area contributed by atoms with Crippen LogP contribution in [0.4, 0.5) is 9.52 Å². The number of thiazole rings is 1. The molecule has 0 spiro atoms. The lowest BCUT2D eigenvalue weighted by molar-refractivity contribution is -0.123. The highest BCUT2D eigenvalue weighted by Gasteiger charge is 2.36. The van der Waals surface area contributed by atoms with Gasteiger partial charge in [0.05, 0.1) is 26.5 Å². The minimum absolute atomic E-state index is 0.103. The number of aromatic nitrogens is 2. The maximum Gasteiger partial charge on any atom is 0.245 e.